The van der Waals surface area contributed by atoms with E-state index in [2.05, 4.69) is 11.8 Å². The molecule has 1 N–H and O–H groups in total. The van der Waals surface area contributed by atoms with E-state index in [1.165, 1.54) is 0 Å². The highest BCUT2D eigenvalue weighted by Gasteiger charge is 2.47. The molecule has 2 aliphatic heterocycles. The molecule has 4 heteroatoms. The van der Waals surface area contributed by atoms with Gasteiger partial charge in [-0.15, -0.1) is 0 Å². The van der Waals surface area contributed by atoms with Crippen LogP contribution in [0.3, 0.4) is 0 Å². The molecule has 0 aromatic heterocycles. The maximum absolute atomic E-state index is 11.6. The summed E-state index contributed by atoms with van der Waals surface area (Å²) in [4.78, 5) is 13.8. The van der Waals surface area contributed by atoms with E-state index in [1.54, 1.807) is 0 Å². The van der Waals surface area contributed by atoms with E-state index in [9.17, 15) is 9.90 Å². The highest BCUT2D eigenvalue weighted by molar-refractivity contribution is 5.79. The van der Waals surface area contributed by atoms with E-state index in [4.69, 9.17) is 4.74 Å². The van der Waals surface area contributed by atoms with Crippen LogP contribution < -0.4 is 0 Å². The molecule has 0 spiro atoms. The summed E-state index contributed by atoms with van der Waals surface area (Å²) in [5.74, 6) is -0.0977. The Morgan fingerprint density at radius 3 is 3.00 bits per heavy atom. The standard InChI is InChI=1S/C13H23NO3/c1-2-5-13(12(15)16)6-3-7-14(13)9-11-4-8-17-10-11/h11H,2-10H2,1H3,(H,15,16). The average molecular weight is 241 g/mol. The molecule has 4 nitrogen and oxygen atoms in total. The van der Waals surface area contributed by atoms with Gasteiger partial charge < -0.3 is 9.84 Å². The molecular formula is C13H23NO3. The number of hydrogen-bond acceptors (Lipinski definition) is 3. The minimum atomic E-state index is -0.629. The fraction of sp³-hybridized carbons (Fsp3) is 0.923. The summed E-state index contributed by atoms with van der Waals surface area (Å²) < 4.78 is 5.38. The lowest BCUT2D eigenvalue weighted by atomic mass is 9.90. The van der Waals surface area contributed by atoms with Crippen molar-refractivity contribution in [1.82, 2.24) is 4.90 Å². The van der Waals surface area contributed by atoms with Crippen LogP contribution >= 0.6 is 0 Å². The predicted octanol–water partition coefficient (Wildman–Crippen LogP) is 1.74. The highest BCUT2D eigenvalue weighted by atomic mass is 16.5. The van der Waals surface area contributed by atoms with Crippen LogP contribution in [0.1, 0.15) is 39.0 Å². The van der Waals surface area contributed by atoms with Gasteiger partial charge >= 0.3 is 5.97 Å². The van der Waals surface area contributed by atoms with Gasteiger partial charge in [-0.1, -0.05) is 13.3 Å². The maximum Gasteiger partial charge on any atom is 0.324 e. The van der Waals surface area contributed by atoms with Crippen LogP contribution in [0.5, 0.6) is 0 Å². The van der Waals surface area contributed by atoms with Crippen molar-refractivity contribution in [1.29, 1.82) is 0 Å². The molecule has 2 heterocycles. The maximum atomic E-state index is 11.6. The summed E-state index contributed by atoms with van der Waals surface area (Å²) in [6.07, 6.45) is 4.61. The zero-order chi connectivity index (χ0) is 12.3. The largest absolute Gasteiger partial charge is 0.480 e. The van der Waals surface area contributed by atoms with Crippen LogP contribution in [-0.2, 0) is 9.53 Å². The zero-order valence-corrected chi connectivity index (χ0v) is 10.7. The lowest BCUT2D eigenvalue weighted by Crippen LogP contribution is -2.52. The van der Waals surface area contributed by atoms with Crippen molar-refractivity contribution < 1.29 is 14.6 Å². The molecule has 0 saturated carbocycles. The topological polar surface area (TPSA) is 49.8 Å². The third kappa shape index (κ3) is 2.47. The third-order valence-electron chi connectivity index (χ3n) is 4.19. The Bertz CT molecular complexity index is 276. The molecule has 2 unspecified atom stereocenters. The van der Waals surface area contributed by atoms with Crippen LogP contribution in [0.2, 0.25) is 0 Å². The summed E-state index contributed by atoms with van der Waals surface area (Å²) >= 11 is 0. The van der Waals surface area contributed by atoms with Crippen molar-refractivity contribution in [3.63, 3.8) is 0 Å². The van der Waals surface area contributed by atoms with Gasteiger partial charge in [-0.3, -0.25) is 9.69 Å². The molecule has 2 atom stereocenters. The van der Waals surface area contributed by atoms with E-state index in [0.717, 1.165) is 58.4 Å². The first kappa shape index (κ1) is 12.8. The van der Waals surface area contributed by atoms with E-state index in [-0.39, 0.29) is 0 Å². The first-order valence-corrected chi connectivity index (χ1v) is 6.75. The van der Waals surface area contributed by atoms with Gasteiger partial charge in [0.15, 0.2) is 0 Å². The first-order valence-electron chi connectivity index (χ1n) is 6.75. The molecule has 0 aliphatic carbocycles. The Morgan fingerprint density at radius 2 is 2.41 bits per heavy atom. The number of rotatable bonds is 5. The lowest BCUT2D eigenvalue weighted by Gasteiger charge is -2.36. The van der Waals surface area contributed by atoms with Gasteiger partial charge in [-0.2, -0.15) is 0 Å². The molecule has 2 rings (SSSR count). The molecular weight excluding hydrogens is 218 g/mol. The quantitative estimate of drug-likeness (QED) is 0.796. The van der Waals surface area contributed by atoms with Crippen molar-refractivity contribution in [3.05, 3.63) is 0 Å². The number of ether oxygens (including phenoxy) is 1. The average Bonchev–Trinajstić information content (AvgIpc) is 2.91. The number of nitrogens with zero attached hydrogens (tertiary/aromatic N) is 1. The van der Waals surface area contributed by atoms with Gasteiger partial charge in [0.25, 0.3) is 0 Å². The van der Waals surface area contributed by atoms with Crippen molar-refractivity contribution >= 4 is 5.97 Å². The fourth-order valence-electron chi connectivity index (χ4n) is 3.29. The highest BCUT2D eigenvalue weighted by Crippen LogP contribution is 2.35. The minimum absolute atomic E-state index is 0.531. The number of carbonyl (C=O) groups is 1. The Labute approximate surface area is 103 Å². The molecule has 0 radical (unpaired) electrons. The zero-order valence-electron chi connectivity index (χ0n) is 10.7. The summed E-state index contributed by atoms with van der Waals surface area (Å²) in [5.41, 5.74) is -0.586. The van der Waals surface area contributed by atoms with Crippen LogP contribution in [0.25, 0.3) is 0 Å². The van der Waals surface area contributed by atoms with Gasteiger partial charge in [-0.25, -0.2) is 0 Å². The molecule has 98 valence electrons. The van der Waals surface area contributed by atoms with Gasteiger partial charge in [0.2, 0.25) is 0 Å². The Hall–Kier alpha value is -0.610. The van der Waals surface area contributed by atoms with Crippen LogP contribution in [0, 0.1) is 5.92 Å². The Morgan fingerprint density at radius 1 is 1.59 bits per heavy atom. The van der Waals surface area contributed by atoms with Crippen molar-refractivity contribution in [2.75, 3.05) is 26.3 Å². The molecule has 2 aliphatic rings. The second kappa shape index (κ2) is 5.36. The predicted molar refractivity (Wildman–Crippen MR) is 65.0 cm³/mol. The van der Waals surface area contributed by atoms with E-state index in [1.807, 2.05) is 0 Å². The van der Waals surface area contributed by atoms with Crippen molar-refractivity contribution in [3.8, 4) is 0 Å². The minimum Gasteiger partial charge on any atom is -0.480 e. The lowest BCUT2D eigenvalue weighted by molar-refractivity contribution is -0.150. The van der Waals surface area contributed by atoms with Crippen molar-refractivity contribution in [2.24, 2.45) is 5.92 Å². The van der Waals surface area contributed by atoms with E-state index >= 15 is 0 Å². The number of hydrogen-bond donors (Lipinski definition) is 1. The second-order valence-electron chi connectivity index (χ2n) is 5.37. The summed E-state index contributed by atoms with van der Waals surface area (Å²) in [6, 6.07) is 0. The number of carboxylic acids is 1. The summed E-state index contributed by atoms with van der Waals surface area (Å²) in [7, 11) is 0. The normalized spacial score (nSPS) is 34.3. The summed E-state index contributed by atoms with van der Waals surface area (Å²) in [5, 5.41) is 9.57. The van der Waals surface area contributed by atoms with Gasteiger partial charge in [0.1, 0.15) is 5.54 Å². The summed E-state index contributed by atoms with van der Waals surface area (Å²) in [6.45, 7) is 5.54. The first-order chi connectivity index (χ1) is 8.19. The fourth-order valence-corrected chi connectivity index (χ4v) is 3.29. The Kier molecular flexibility index (Phi) is 4.05. The monoisotopic (exact) mass is 241 g/mol. The SMILES string of the molecule is CCCC1(C(=O)O)CCCN1CC1CCOC1. The van der Waals surface area contributed by atoms with Crippen molar-refractivity contribution in [2.45, 2.75) is 44.6 Å². The molecule has 2 saturated heterocycles. The van der Waals surface area contributed by atoms with E-state index < -0.39 is 11.5 Å². The molecule has 17 heavy (non-hydrogen) atoms. The Balaban J connectivity index is 2.04. The van der Waals surface area contributed by atoms with Crippen LogP contribution in [0.4, 0.5) is 0 Å². The smallest absolute Gasteiger partial charge is 0.324 e. The number of likely N-dealkylation sites (tertiary alicyclic amines) is 1. The molecule has 0 aromatic rings. The molecule has 0 bridgehead atoms. The van der Waals surface area contributed by atoms with Crippen LogP contribution in [-0.4, -0.2) is 47.8 Å². The third-order valence-corrected chi connectivity index (χ3v) is 4.19. The molecule has 0 amide bonds. The number of aliphatic carboxylic acids is 1. The number of carboxylic acid groups (broad SMARTS) is 1. The van der Waals surface area contributed by atoms with Gasteiger partial charge in [0.05, 0.1) is 6.61 Å². The molecule has 2 fully saturated rings. The van der Waals surface area contributed by atoms with Gasteiger partial charge in [0, 0.05) is 13.2 Å². The van der Waals surface area contributed by atoms with Gasteiger partial charge in [-0.05, 0) is 38.1 Å². The molecule has 0 aromatic carbocycles. The van der Waals surface area contributed by atoms with E-state index in [0.29, 0.717) is 5.92 Å². The van der Waals surface area contributed by atoms with Crippen LogP contribution in [0.15, 0.2) is 0 Å². The second-order valence-corrected chi connectivity index (χ2v) is 5.37.